The molecule has 0 spiro atoms. The molecule has 0 radical (unpaired) electrons. The Kier molecular flexibility index (Phi) is 3.48. The van der Waals surface area contributed by atoms with Crippen LogP contribution in [0.1, 0.15) is 17.0 Å². The maximum absolute atomic E-state index is 12.2. The summed E-state index contributed by atoms with van der Waals surface area (Å²) >= 11 is 0. The van der Waals surface area contributed by atoms with Crippen molar-refractivity contribution in [2.45, 2.75) is 18.6 Å². The van der Waals surface area contributed by atoms with Crippen molar-refractivity contribution >= 4 is 11.9 Å². The van der Waals surface area contributed by atoms with Gasteiger partial charge in [0.2, 0.25) is 11.8 Å². The lowest BCUT2D eigenvalue weighted by Gasteiger charge is -2.25. The highest BCUT2D eigenvalue weighted by atomic mass is 16.3. The number of likely N-dealkylation sites (N-methyl/N-ethyl adjacent to an activating group) is 1. The van der Waals surface area contributed by atoms with Gasteiger partial charge < -0.3 is 20.6 Å². The van der Waals surface area contributed by atoms with E-state index in [1.54, 1.807) is 4.90 Å². The first-order valence-electron chi connectivity index (χ1n) is 5.79. The SMILES string of the molecule is CN(C)CC1CC(O)CN1C(=O)c1nc(N)n[nH]1. The summed E-state index contributed by atoms with van der Waals surface area (Å²) < 4.78 is 0. The average molecular weight is 254 g/mol. The number of hydrogen-bond donors (Lipinski definition) is 3. The minimum absolute atomic E-state index is 0.0196. The molecule has 2 atom stereocenters. The molecule has 8 nitrogen and oxygen atoms in total. The van der Waals surface area contributed by atoms with Crippen LogP contribution in [0.25, 0.3) is 0 Å². The van der Waals surface area contributed by atoms with Gasteiger partial charge in [0, 0.05) is 19.1 Å². The molecule has 0 bridgehead atoms. The van der Waals surface area contributed by atoms with E-state index in [1.807, 2.05) is 19.0 Å². The Morgan fingerprint density at radius 3 is 2.94 bits per heavy atom. The zero-order chi connectivity index (χ0) is 13.3. The molecule has 1 saturated heterocycles. The van der Waals surface area contributed by atoms with Crippen molar-refractivity contribution in [1.82, 2.24) is 25.0 Å². The van der Waals surface area contributed by atoms with E-state index in [1.165, 1.54) is 0 Å². The molecule has 8 heteroatoms. The predicted molar refractivity (Wildman–Crippen MR) is 64.8 cm³/mol. The molecule has 0 aliphatic carbocycles. The number of rotatable bonds is 3. The van der Waals surface area contributed by atoms with Crippen molar-refractivity contribution in [2.24, 2.45) is 0 Å². The Bertz CT molecular complexity index is 432. The first-order valence-corrected chi connectivity index (χ1v) is 5.79. The van der Waals surface area contributed by atoms with Gasteiger partial charge >= 0.3 is 0 Å². The maximum Gasteiger partial charge on any atom is 0.291 e. The first-order chi connectivity index (χ1) is 8.47. The number of aromatic amines is 1. The Balaban J connectivity index is 2.12. The summed E-state index contributed by atoms with van der Waals surface area (Å²) in [7, 11) is 3.86. The molecule has 100 valence electrons. The van der Waals surface area contributed by atoms with E-state index < -0.39 is 6.10 Å². The van der Waals surface area contributed by atoms with Crippen LogP contribution in [0, 0.1) is 0 Å². The molecule has 4 N–H and O–H groups in total. The number of nitrogens with one attached hydrogen (secondary N) is 1. The standard InChI is InChI=1S/C10H18N6O2/c1-15(2)4-6-3-7(17)5-16(6)9(18)8-12-10(11)14-13-8/h6-7,17H,3-5H2,1-2H3,(H3,11,12,13,14). The number of nitrogens with zero attached hydrogens (tertiary/aromatic N) is 4. The van der Waals surface area contributed by atoms with E-state index in [0.717, 1.165) is 0 Å². The van der Waals surface area contributed by atoms with Gasteiger partial charge in [-0.3, -0.25) is 9.89 Å². The number of nitrogen functional groups attached to an aromatic ring is 1. The number of nitrogens with two attached hydrogens (primary N) is 1. The number of amides is 1. The summed E-state index contributed by atoms with van der Waals surface area (Å²) in [4.78, 5) is 19.6. The van der Waals surface area contributed by atoms with E-state index in [9.17, 15) is 9.90 Å². The van der Waals surface area contributed by atoms with Crippen molar-refractivity contribution in [2.75, 3.05) is 32.9 Å². The molecule has 2 rings (SSSR count). The monoisotopic (exact) mass is 254 g/mol. The number of likely N-dealkylation sites (tertiary alicyclic amines) is 1. The number of H-pyrrole nitrogens is 1. The number of carbonyl (C=O) groups is 1. The molecule has 1 amide bonds. The van der Waals surface area contributed by atoms with Crippen molar-refractivity contribution in [3.8, 4) is 0 Å². The lowest BCUT2D eigenvalue weighted by molar-refractivity contribution is 0.0687. The minimum atomic E-state index is -0.487. The summed E-state index contributed by atoms with van der Waals surface area (Å²) in [5, 5.41) is 15.8. The van der Waals surface area contributed by atoms with Gasteiger partial charge in [0.15, 0.2) is 0 Å². The second kappa shape index (κ2) is 4.91. The molecular weight excluding hydrogens is 236 g/mol. The molecule has 2 heterocycles. The van der Waals surface area contributed by atoms with Crippen LogP contribution in [0.5, 0.6) is 0 Å². The molecular formula is C10H18N6O2. The Labute approximate surface area is 105 Å². The Hall–Kier alpha value is -1.67. The Morgan fingerprint density at radius 2 is 2.39 bits per heavy atom. The van der Waals surface area contributed by atoms with Gasteiger partial charge in [0.25, 0.3) is 5.91 Å². The fourth-order valence-corrected chi connectivity index (χ4v) is 2.24. The number of aliphatic hydroxyl groups is 1. The zero-order valence-corrected chi connectivity index (χ0v) is 10.5. The number of aliphatic hydroxyl groups excluding tert-OH is 1. The highest BCUT2D eigenvalue weighted by molar-refractivity contribution is 5.91. The quantitative estimate of drug-likeness (QED) is 0.607. The van der Waals surface area contributed by atoms with Crippen molar-refractivity contribution in [3.05, 3.63) is 5.82 Å². The predicted octanol–water partition coefficient (Wildman–Crippen LogP) is -1.48. The summed E-state index contributed by atoms with van der Waals surface area (Å²) in [6.45, 7) is 1.02. The normalized spacial score (nSPS) is 23.9. The number of carbonyl (C=O) groups excluding carboxylic acids is 1. The number of anilines is 1. The third-order valence-electron chi connectivity index (χ3n) is 2.93. The molecule has 0 saturated carbocycles. The van der Waals surface area contributed by atoms with Gasteiger partial charge in [-0.1, -0.05) is 0 Å². The van der Waals surface area contributed by atoms with Crippen molar-refractivity contribution < 1.29 is 9.90 Å². The van der Waals surface area contributed by atoms with Gasteiger partial charge in [0.1, 0.15) is 0 Å². The molecule has 1 aliphatic rings. The van der Waals surface area contributed by atoms with Gasteiger partial charge in [-0.05, 0) is 20.5 Å². The molecule has 0 aromatic carbocycles. The lowest BCUT2D eigenvalue weighted by atomic mass is 10.2. The molecule has 18 heavy (non-hydrogen) atoms. The summed E-state index contributed by atoms with van der Waals surface area (Å²) in [5.74, 6) is -0.116. The third-order valence-corrected chi connectivity index (χ3v) is 2.93. The maximum atomic E-state index is 12.2. The van der Waals surface area contributed by atoms with E-state index in [0.29, 0.717) is 19.5 Å². The van der Waals surface area contributed by atoms with Crippen LogP contribution in [-0.4, -0.2) is 75.3 Å². The Morgan fingerprint density at radius 1 is 1.67 bits per heavy atom. The van der Waals surface area contributed by atoms with Crippen molar-refractivity contribution in [3.63, 3.8) is 0 Å². The topological polar surface area (TPSA) is 111 Å². The van der Waals surface area contributed by atoms with Crippen molar-refractivity contribution in [1.29, 1.82) is 0 Å². The minimum Gasteiger partial charge on any atom is -0.391 e. The number of β-amino-alcohol motifs (C(OH)–C–C–N with tert-alkyl or cyclic N) is 1. The van der Waals surface area contributed by atoms with E-state index in [2.05, 4.69) is 15.2 Å². The number of aromatic nitrogens is 3. The van der Waals surface area contributed by atoms with Crippen LogP contribution in [0.4, 0.5) is 5.95 Å². The summed E-state index contributed by atoms with van der Waals surface area (Å²) in [6, 6.07) is -0.0196. The first kappa shape index (κ1) is 12.8. The van der Waals surface area contributed by atoms with Crippen LogP contribution in [0.3, 0.4) is 0 Å². The average Bonchev–Trinajstić information content (AvgIpc) is 2.83. The zero-order valence-electron chi connectivity index (χ0n) is 10.5. The van der Waals surface area contributed by atoms with Gasteiger partial charge in [0.05, 0.1) is 6.10 Å². The fourth-order valence-electron chi connectivity index (χ4n) is 2.24. The summed E-state index contributed by atoms with van der Waals surface area (Å²) in [5.41, 5.74) is 5.38. The van der Waals surface area contributed by atoms with Crippen LogP contribution in [0.15, 0.2) is 0 Å². The highest BCUT2D eigenvalue weighted by Gasteiger charge is 2.36. The second-order valence-electron chi connectivity index (χ2n) is 4.81. The van der Waals surface area contributed by atoms with Gasteiger partial charge in [-0.25, -0.2) is 0 Å². The van der Waals surface area contributed by atoms with Gasteiger partial charge in [-0.2, -0.15) is 4.98 Å². The number of hydrogen-bond acceptors (Lipinski definition) is 6. The summed E-state index contributed by atoms with van der Waals surface area (Å²) in [6.07, 6.45) is 0.0900. The highest BCUT2D eigenvalue weighted by Crippen LogP contribution is 2.20. The smallest absolute Gasteiger partial charge is 0.291 e. The van der Waals surface area contributed by atoms with Crippen LogP contribution >= 0.6 is 0 Å². The van der Waals surface area contributed by atoms with Gasteiger partial charge in [-0.15, -0.1) is 5.10 Å². The molecule has 2 unspecified atom stereocenters. The molecule has 1 aliphatic heterocycles. The largest absolute Gasteiger partial charge is 0.391 e. The lowest BCUT2D eigenvalue weighted by Crippen LogP contribution is -2.41. The molecule has 1 fully saturated rings. The fraction of sp³-hybridized carbons (Fsp3) is 0.700. The van der Waals surface area contributed by atoms with E-state index in [-0.39, 0.29) is 23.7 Å². The molecule has 1 aromatic heterocycles. The third kappa shape index (κ3) is 2.59. The van der Waals surface area contributed by atoms with E-state index in [4.69, 9.17) is 5.73 Å². The van der Waals surface area contributed by atoms with Crippen LogP contribution < -0.4 is 5.73 Å². The van der Waals surface area contributed by atoms with Crippen LogP contribution in [-0.2, 0) is 0 Å². The second-order valence-corrected chi connectivity index (χ2v) is 4.81. The molecule has 1 aromatic rings. The van der Waals surface area contributed by atoms with Crippen LogP contribution in [0.2, 0.25) is 0 Å². The van der Waals surface area contributed by atoms with E-state index >= 15 is 0 Å².